The number of halogens is 1. The summed E-state index contributed by atoms with van der Waals surface area (Å²) in [6.45, 7) is 0. The summed E-state index contributed by atoms with van der Waals surface area (Å²) in [5, 5.41) is 0.535. The van der Waals surface area contributed by atoms with Crippen LogP contribution in [-0.4, -0.2) is 6.09 Å². The zero-order valence-electron chi connectivity index (χ0n) is 13.6. The van der Waals surface area contributed by atoms with E-state index in [9.17, 15) is 4.79 Å². The van der Waals surface area contributed by atoms with Crippen LogP contribution in [0.4, 0.5) is 10.5 Å². The molecule has 3 aromatic rings. The summed E-state index contributed by atoms with van der Waals surface area (Å²) in [7, 11) is 0. The monoisotopic (exact) mass is 363 g/mol. The number of carbonyl (C=O) groups is 1. The van der Waals surface area contributed by atoms with Gasteiger partial charge in [-0.05, 0) is 29.8 Å². The van der Waals surface area contributed by atoms with E-state index < -0.39 is 12.2 Å². The first-order valence-corrected chi connectivity index (χ1v) is 8.71. The number of amides is 1. The topological polar surface area (TPSA) is 38.8 Å². The third-order valence-electron chi connectivity index (χ3n) is 4.76. The minimum Gasteiger partial charge on any atom is -0.455 e. The number of carbonyl (C=O) groups excluding carboxylic acids is 1. The zero-order valence-corrected chi connectivity index (χ0v) is 14.4. The van der Waals surface area contributed by atoms with Gasteiger partial charge in [-0.15, -0.1) is 0 Å². The molecule has 4 nitrogen and oxygen atoms in total. The van der Waals surface area contributed by atoms with Crippen molar-refractivity contribution >= 4 is 23.4 Å². The normalized spacial score (nSPS) is 20.3. The van der Waals surface area contributed by atoms with E-state index in [2.05, 4.69) is 0 Å². The van der Waals surface area contributed by atoms with E-state index in [0.29, 0.717) is 22.2 Å². The Morgan fingerprint density at radius 2 is 1.65 bits per heavy atom. The Bertz CT molecular complexity index is 1010. The molecule has 1 amide bonds. The van der Waals surface area contributed by atoms with Crippen molar-refractivity contribution in [3.05, 3.63) is 88.9 Å². The predicted molar refractivity (Wildman–Crippen MR) is 98.9 cm³/mol. The average molecular weight is 364 g/mol. The molecular formula is C21H14ClNO3. The SMILES string of the molecule is O=C1O[C@H](c2ccccc2)[C@H]2c3ccccc3Oc3ccc(Cl)cc3N12. The molecule has 0 bridgehead atoms. The van der Waals surface area contributed by atoms with Crippen molar-refractivity contribution in [2.75, 3.05) is 4.90 Å². The number of nitrogens with zero attached hydrogens (tertiary/aromatic N) is 1. The molecule has 0 radical (unpaired) electrons. The van der Waals surface area contributed by atoms with Crippen molar-refractivity contribution in [3.63, 3.8) is 0 Å². The molecule has 3 aromatic carbocycles. The van der Waals surface area contributed by atoms with Crippen LogP contribution in [0.1, 0.15) is 23.3 Å². The Morgan fingerprint density at radius 3 is 2.50 bits per heavy atom. The fraction of sp³-hybridized carbons (Fsp3) is 0.0952. The molecule has 1 fully saturated rings. The molecule has 2 aliphatic rings. The van der Waals surface area contributed by atoms with Crippen molar-refractivity contribution in [3.8, 4) is 11.5 Å². The maximum Gasteiger partial charge on any atom is 0.415 e. The molecule has 0 N–H and O–H groups in total. The first-order chi connectivity index (χ1) is 12.7. The predicted octanol–water partition coefficient (Wildman–Crippen LogP) is 5.88. The molecule has 0 aliphatic carbocycles. The Morgan fingerprint density at radius 1 is 0.885 bits per heavy atom. The largest absolute Gasteiger partial charge is 0.455 e. The van der Waals surface area contributed by atoms with Gasteiger partial charge in [0.25, 0.3) is 0 Å². The Balaban J connectivity index is 1.76. The van der Waals surface area contributed by atoms with Crippen LogP contribution in [0.25, 0.3) is 0 Å². The fourth-order valence-electron chi connectivity index (χ4n) is 3.62. The van der Waals surface area contributed by atoms with Crippen molar-refractivity contribution < 1.29 is 14.3 Å². The van der Waals surface area contributed by atoms with Crippen LogP contribution >= 0.6 is 11.6 Å². The molecule has 5 rings (SSSR count). The van der Waals surface area contributed by atoms with Crippen molar-refractivity contribution in [2.24, 2.45) is 0 Å². The molecule has 2 atom stereocenters. The number of anilines is 1. The quantitative estimate of drug-likeness (QED) is 0.541. The highest BCUT2D eigenvalue weighted by Gasteiger charge is 2.47. The van der Waals surface area contributed by atoms with E-state index in [-0.39, 0.29) is 6.04 Å². The second-order valence-corrected chi connectivity index (χ2v) is 6.72. The maximum atomic E-state index is 12.8. The van der Waals surface area contributed by atoms with Gasteiger partial charge in [0.05, 0.1) is 5.69 Å². The Kier molecular flexibility index (Phi) is 3.40. The van der Waals surface area contributed by atoms with Crippen molar-refractivity contribution in [1.29, 1.82) is 0 Å². The highest BCUT2D eigenvalue weighted by Crippen LogP contribution is 2.53. The average Bonchev–Trinajstić information content (AvgIpc) is 2.93. The van der Waals surface area contributed by atoms with Gasteiger partial charge < -0.3 is 9.47 Å². The third-order valence-corrected chi connectivity index (χ3v) is 4.99. The van der Waals surface area contributed by atoms with E-state index in [1.54, 1.807) is 23.1 Å². The number of fused-ring (bicyclic) bond motifs is 5. The first-order valence-electron chi connectivity index (χ1n) is 8.33. The highest BCUT2D eigenvalue weighted by molar-refractivity contribution is 6.31. The van der Waals surface area contributed by atoms with Crippen molar-refractivity contribution in [1.82, 2.24) is 0 Å². The number of cyclic esters (lactones) is 1. The summed E-state index contributed by atoms with van der Waals surface area (Å²) in [6.07, 6.45) is -0.842. The van der Waals surface area contributed by atoms with Crippen LogP contribution in [-0.2, 0) is 4.74 Å². The van der Waals surface area contributed by atoms with Gasteiger partial charge in [-0.1, -0.05) is 60.1 Å². The number of benzene rings is 3. The molecule has 0 spiro atoms. The second-order valence-electron chi connectivity index (χ2n) is 6.28. The van der Waals surface area contributed by atoms with Crippen LogP contribution in [0.5, 0.6) is 11.5 Å². The van der Waals surface area contributed by atoms with Crippen LogP contribution in [0.2, 0.25) is 5.02 Å². The van der Waals surface area contributed by atoms with Gasteiger partial charge >= 0.3 is 6.09 Å². The molecule has 128 valence electrons. The lowest BCUT2D eigenvalue weighted by atomic mass is 9.94. The van der Waals surface area contributed by atoms with E-state index in [4.69, 9.17) is 21.1 Å². The van der Waals surface area contributed by atoms with E-state index in [0.717, 1.165) is 11.1 Å². The fourth-order valence-corrected chi connectivity index (χ4v) is 3.79. The lowest BCUT2D eigenvalue weighted by molar-refractivity contribution is 0.132. The summed E-state index contributed by atoms with van der Waals surface area (Å²) in [6, 6.07) is 22.4. The second kappa shape index (κ2) is 5.78. The molecule has 26 heavy (non-hydrogen) atoms. The number of hydrogen-bond acceptors (Lipinski definition) is 3. The van der Waals surface area contributed by atoms with Crippen LogP contribution < -0.4 is 9.64 Å². The number of rotatable bonds is 1. The standard InChI is InChI=1S/C21H14ClNO3/c22-14-10-11-18-16(12-14)23-19(15-8-4-5-9-17(15)25-18)20(26-21(23)24)13-6-2-1-3-7-13/h1-12,19-20H/t19-,20-/m1/s1. The molecule has 0 unspecified atom stereocenters. The summed E-state index contributed by atoms with van der Waals surface area (Å²) in [5.41, 5.74) is 2.45. The lowest BCUT2D eigenvalue weighted by Crippen LogP contribution is -2.27. The van der Waals surface area contributed by atoms with Gasteiger partial charge in [0.1, 0.15) is 11.8 Å². The molecule has 0 saturated carbocycles. The maximum absolute atomic E-state index is 12.8. The first kappa shape index (κ1) is 15.3. The summed E-state index contributed by atoms with van der Waals surface area (Å²) in [5.74, 6) is 1.29. The molecular weight excluding hydrogens is 350 g/mol. The lowest BCUT2D eigenvalue weighted by Gasteiger charge is -2.23. The van der Waals surface area contributed by atoms with Gasteiger partial charge in [-0.3, -0.25) is 4.90 Å². The Hall–Kier alpha value is -2.98. The van der Waals surface area contributed by atoms with Crippen LogP contribution in [0.15, 0.2) is 72.8 Å². The van der Waals surface area contributed by atoms with Gasteiger partial charge in [-0.25, -0.2) is 4.79 Å². The minimum absolute atomic E-state index is 0.333. The van der Waals surface area contributed by atoms with Gasteiger partial charge in [0.2, 0.25) is 0 Å². The van der Waals surface area contributed by atoms with Gasteiger partial charge in [0.15, 0.2) is 11.9 Å². The molecule has 0 aromatic heterocycles. The van der Waals surface area contributed by atoms with E-state index >= 15 is 0 Å². The van der Waals surface area contributed by atoms with Crippen LogP contribution in [0.3, 0.4) is 0 Å². The molecule has 1 saturated heterocycles. The van der Waals surface area contributed by atoms with Gasteiger partial charge in [0, 0.05) is 10.6 Å². The summed E-state index contributed by atoms with van der Waals surface area (Å²) < 4.78 is 11.9. The molecule has 2 aliphatic heterocycles. The van der Waals surface area contributed by atoms with Crippen LogP contribution in [0, 0.1) is 0 Å². The van der Waals surface area contributed by atoms with Crippen molar-refractivity contribution in [2.45, 2.75) is 12.1 Å². The smallest absolute Gasteiger partial charge is 0.415 e. The molecule has 5 heteroatoms. The summed E-state index contributed by atoms with van der Waals surface area (Å²) in [4.78, 5) is 14.5. The van der Waals surface area contributed by atoms with E-state index in [1.165, 1.54) is 0 Å². The summed E-state index contributed by atoms with van der Waals surface area (Å²) >= 11 is 6.20. The highest BCUT2D eigenvalue weighted by atomic mass is 35.5. The molecule has 2 heterocycles. The van der Waals surface area contributed by atoms with E-state index in [1.807, 2.05) is 54.6 Å². The minimum atomic E-state index is -0.432. The number of para-hydroxylation sites is 1. The van der Waals surface area contributed by atoms with Gasteiger partial charge in [-0.2, -0.15) is 0 Å². The third kappa shape index (κ3) is 2.26. The number of hydrogen-bond donors (Lipinski definition) is 0. The Labute approximate surface area is 155 Å². The number of ether oxygens (including phenoxy) is 2. The zero-order chi connectivity index (χ0) is 17.7.